The van der Waals surface area contributed by atoms with Gasteiger partial charge in [-0.3, -0.25) is 0 Å². The van der Waals surface area contributed by atoms with Gasteiger partial charge in [0.05, 0.1) is 8.07 Å². The second-order valence-corrected chi connectivity index (χ2v) is 18.4. The Morgan fingerprint density at radius 1 is 0.886 bits per heavy atom. The van der Waals surface area contributed by atoms with Crippen LogP contribution in [0.1, 0.15) is 61.4 Å². The van der Waals surface area contributed by atoms with Gasteiger partial charge in [0.1, 0.15) is 18.2 Å². The number of ether oxygens (including phenoxy) is 1. The Hall–Kier alpha value is -3.89. The average Bonchev–Trinajstić information content (AvgIpc) is 3.70. The first kappa shape index (κ1) is 28.9. The number of benzene rings is 4. The Kier molecular flexibility index (Phi) is 6.97. The van der Waals surface area contributed by atoms with E-state index in [1.165, 1.54) is 57.5 Å². The van der Waals surface area contributed by atoms with Crippen LogP contribution in [0.3, 0.4) is 0 Å². The zero-order valence-electron chi connectivity index (χ0n) is 26.6. The first-order valence-electron chi connectivity index (χ1n) is 16.0. The van der Waals surface area contributed by atoms with Crippen molar-refractivity contribution in [2.24, 2.45) is 0 Å². The molecule has 0 bridgehead atoms. The van der Waals surface area contributed by atoms with Gasteiger partial charge in [0.15, 0.2) is 0 Å². The van der Waals surface area contributed by atoms with Gasteiger partial charge in [-0.05, 0) is 82.1 Å². The number of hydrogen-bond donors (Lipinski definition) is 0. The Labute approximate surface area is 262 Å². The Bertz CT molecular complexity index is 1830. The molecule has 1 heterocycles. The highest BCUT2D eigenvalue weighted by Gasteiger charge is 2.45. The van der Waals surface area contributed by atoms with Crippen molar-refractivity contribution in [2.75, 3.05) is 19.7 Å². The molecule has 224 valence electrons. The normalized spacial score (nSPS) is 18.3. The second-order valence-electron chi connectivity index (χ2n) is 13.8. The highest BCUT2D eigenvalue weighted by molar-refractivity contribution is 6.92. The molecule has 1 aliphatic heterocycles. The van der Waals surface area contributed by atoms with E-state index in [2.05, 4.69) is 112 Å². The van der Waals surface area contributed by atoms with E-state index in [4.69, 9.17) is 4.74 Å². The zero-order valence-corrected chi connectivity index (χ0v) is 27.6. The van der Waals surface area contributed by atoms with Crippen LogP contribution in [-0.2, 0) is 5.41 Å². The molecule has 0 amide bonds. The molecular formula is C40H42FNOSi. The van der Waals surface area contributed by atoms with Gasteiger partial charge in [-0.2, -0.15) is 0 Å². The second kappa shape index (κ2) is 10.6. The number of nitrogens with zero attached hydrogens (tertiary/aromatic N) is 1. The molecule has 1 atom stereocenters. The first-order valence-corrected chi connectivity index (χ1v) is 19.1. The topological polar surface area (TPSA) is 12.5 Å². The van der Waals surface area contributed by atoms with Crippen LogP contribution in [0.15, 0.2) is 97.1 Å². The van der Waals surface area contributed by atoms with Crippen molar-refractivity contribution >= 4 is 19.0 Å². The van der Waals surface area contributed by atoms with Gasteiger partial charge in [0.2, 0.25) is 0 Å². The summed E-state index contributed by atoms with van der Waals surface area (Å²) in [6.07, 6.45) is 4.26. The minimum atomic E-state index is -2.43. The summed E-state index contributed by atoms with van der Waals surface area (Å²) < 4.78 is 22.5. The summed E-state index contributed by atoms with van der Waals surface area (Å²) in [6, 6.07) is 27.6. The molecule has 0 N–H and O–H groups in total. The molecule has 44 heavy (non-hydrogen) atoms. The lowest BCUT2D eigenvalue weighted by atomic mass is 9.81. The fraction of sp³-hybridized carbons (Fsp3) is 0.300. The van der Waals surface area contributed by atoms with Gasteiger partial charge in [-0.15, -0.1) is 0 Å². The molecule has 7 rings (SSSR count). The van der Waals surface area contributed by atoms with Crippen molar-refractivity contribution in [3.63, 3.8) is 0 Å². The van der Waals surface area contributed by atoms with E-state index in [1.54, 1.807) is 18.2 Å². The van der Waals surface area contributed by atoms with Crippen LogP contribution < -0.4 is 9.92 Å². The molecule has 4 aromatic carbocycles. The molecule has 2 aliphatic carbocycles. The summed E-state index contributed by atoms with van der Waals surface area (Å²) in [6.45, 7) is 18.2. The van der Waals surface area contributed by atoms with Crippen LogP contribution >= 0.6 is 0 Å². The third-order valence-electron chi connectivity index (χ3n) is 10.5. The monoisotopic (exact) mass is 599 g/mol. The molecule has 0 saturated carbocycles. The van der Waals surface area contributed by atoms with Crippen molar-refractivity contribution in [1.82, 2.24) is 4.90 Å². The Balaban J connectivity index is 1.40. The quantitative estimate of drug-likeness (QED) is 0.155. The van der Waals surface area contributed by atoms with Gasteiger partial charge >= 0.3 is 0 Å². The molecule has 0 spiro atoms. The Morgan fingerprint density at radius 3 is 2.32 bits per heavy atom. The molecule has 1 unspecified atom stereocenters. The van der Waals surface area contributed by atoms with E-state index in [0.29, 0.717) is 6.61 Å². The SMILES string of the molecule is C=CCOc1c(-c2ccc3c(c2)C(C)(C)c2ccccc2-3)cc(F)cc1[Si](C)(C)C1C(C)=C(N2CCCC2)c2ccccc21. The highest BCUT2D eigenvalue weighted by Crippen LogP contribution is 2.51. The van der Waals surface area contributed by atoms with Gasteiger partial charge in [-0.1, -0.05) is 100 Å². The van der Waals surface area contributed by atoms with E-state index in [0.717, 1.165) is 35.2 Å². The van der Waals surface area contributed by atoms with Gasteiger partial charge in [-0.25, -0.2) is 4.39 Å². The highest BCUT2D eigenvalue weighted by atomic mass is 28.3. The molecule has 2 nitrogen and oxygen atoms in total. The number of halogens is 1. The van der Waals surface area contributed by atoms with Crippen molar-refractivity contribution in [2.45, 2.75) is 57.7 Å². The molecule has 3 aliphatic rings. The molecule has 1 saturated heterocycles. The van der Waals surface area contributed by atoms with E-state index < -0.39 is 8.07 Å². The lowest BCUT2D eigenvalue weighted by molar-refractivity contribution is 0.366. The van der Waals surface area contributed by atoms with Crippen LogP contribution in [-0.4, -0.2) is 32.7 Å². The maximum absolute atomic E-state index is 15.9. The molecule has 0 radical (unpaired) electrons. The minimum Gasteiger partial charge on any atom is -0.489 e. The van der Waals surface area contributed by atoms with E-state index in [-0.39, 0.29) is 16.8 Å². The smallest absolute Gasteiger partial charge is 0.127 e. The summed E-state index contributed by atoms with van der Waals surface area (Å²) in [4.78, 5) is 2.58. The minimum absolute atomic E-state index is 0.143. The van der Waals surface area contributed by atoms with Gasteiger partial charge < -0.3 is 9.64 Å². The molecular weight excluding hydrogens is 558 g/mol. The van der Waals surface area contributed by atoms with Gasteiger partial charge in [0, 0.05) is 40.9 Å². The summed E-state index contributed by atoms with van der Waals surface area (Å²) in [5, 5.41) is 1.03. The number of allylic oxidation sites excluding steroid dienone is 1. The van der Waals surface area contributed by atoms with Crippen molar-refractivity contribution in [1.29, 1.82) is 0 Å². The fourth-order valence-electron chi connectivity index (χ4n) is 8.45. The van der Waals surface area contributed by atoms with Crippen LogP contribution in [0.25, 0.3) is 28.0 Å². The van der Waals surface area contributed by atoms with E-state index >= 15 is 4.39 Å². The van der Waals surface area contributed by atoms with E-state index in [9.17, 15) is 0 Å². The predicted molar refractivity (Wildman–Crippen MR) is 185 cm³/mol. The summed E-state index contributed by atoms with van der Waals surface area (Å²) in [7, 11) is -2.43. The third kappa shape index (κ3) is 4.33. The summed E-state index contributed by atoms with van der Waals surface area (Å²) in [5.41, 5.74) is 12.6. The van der Waals surface area contributed by atoms with Crippen LogP contribution in [0.5, 0.6) is 5.75 Å². The summed E-state index contributed by atoms with van der Waals surface area (Å²) >= 11 is 0. The number of hydrogen-bond acceptors (Lipinski definition) is 2. The predicted octanol–water partition coefficient (Wildman–Crippen LogP) is 9.44. The van der Waals surface area contributed by atoms with Crippen molar-refractivity contribution < 1.29 is 9.13 Å². The first-order chi connectivity index (χ1) is 21.1. The molecule has 0 aromatic heterocycles. The molecule has 4 aromatic rings. The van der Waals surface area contributed by atoms with Crippen LogP contribution in [0.2, 0.25) is 13.1 Å². The summed E-state index contributed by atoms with van der Waals surface area (Å²) in [5.74, 6) is 0.591. The third-order valence-corrected chi connectivity index (χ3v) is 14.4. The fourth-order valence-corrected chi connectivity index (χ4v) is 12.3. The lowest BCUT2D eigenvalue weighted by Crippen LogP contribution is -2.48. The van der Waals surface area contributed by atoms with Crippen LogP contribution in [0, 0.1) is 5.82 Å². The van der Waals surface area contributed by atoms with Crippen molar-refractivity contribution in [3.05, 3.63) is 125 Å². The zero-order chi connectivity index (χ0) is 30.8. The number of likely N-dealkylation sites (tertiary alicyclic amines) is 1. The number of fused-ring (bicyclic) bond motifs is 4. The largest absolute Gasteiger partial charge is 0.489 e. The molecule has 4 heteroatoms. The standard InChI is InChI=1S/C40H42FNOSi/c1-7-22-43-38-33(27-18-19-30-29-14-10-11-17-34(29)40(3,4)35(30)23-27)24-28(41)25-36(38)44(5,6)39-26(2)37(42-20-12-13-21-42)31-15-8-9-16-32(31)39/h7-11,14-19,23-25,39H,1,12-13,20-22H2,2-6H3. The van der Waals surface area contributed by atoms with Crippen LogP contribution in [0.4, 0.5) is 4.39 Å². The van der Waals surface area contributed by atoms with E-state index in [1.807, 2.05) is 0 Å². The maximum atomic E-state index is 15.9. The van der Waals surface area contributed by atoms with Gasteiger partial charge in [0.25, 0.3) is 0 Å². The maximum Gasteiger partial charge on any atom is 0.127 e. The lowest BCUT2D eigenvalue weighted by Gasteiger charge is -2.34. The number of rotatable bonds is 7. The Morgan fingerprint density at radius 2 is 1.57 bits per heavy atom. The molecule has 1 fully saturated rings. The van der Waals surface area contributed by atoms with Crippen molar-refractivity contribution in [3.8, 4) is 28.0 Å². The average molecular weight is 600 g/mol.